The van der Waals surface area contributed by atoms with Crippen LogP contribution in [0.25, 0.3) is 0 Å². The van der Waals surface area contributed by atoms with Crippen LogP contribution < -0.4 is 5.32 Å². The van der Waals surface area contributed by atoms with Crippen LogP contribution in [0.5, 0.6) is 0 Å². The van der Waals surface area contributed by atoms with Gasteiger partial charge in [0.2, 0.25) is 0 Å². The average Bonchev–Trinajstić information content (AvgIpc) is 2.70. The van der Waals surface area contributed by atoms with E-state index in [2.05, 4.69) is 37.7 Å². The predicted octanol–water partition coefficient (Wildman–Crippen LogP) is 2.59. The van der Waals surface area contributed by atoms with E-state index in [1.165, 1.54) is 13.4 Å². The van der Waals surface area contributed by atoms with Crippen LogP contribution in [0.3, 0.4) is 0 Å². The molecular formula is C14H21NO3. The zero-order valence-corrected chi connectivity index (χ0v) is 11.7. The number of carbonyl (C=O) groups is 1. The first kappa shape index (κ1) is 13.1. The molecule has 0 aliphatic heterocycles. The van der Waals surface area contributed by atoms with E-state index in [0.29, 0.717) is 29.0 Å². The van der Waals surface area contributed by atoms with Crippen molar-refractivity contribution < 1.29 is 13.9 Å². The van der Waals surface area contributed by atoms with Gasteiger partial charge in [0.25, 0.3) is 0 Å². The highest BCUT2D eigenvalue weighted by Gasteiger charge is 2.64. The molecule has 1 aromatic rings. The van der Waals surface area contributed by atoms with E-state index in [1.54, 1.807) is 6.07 Å². The number of esters is 1. The number of ether oxygens (including phenoxy) is 1. The van der Waals surface area contributed by atoms with Gasteiger partial charge in [-0.25, -0.2) is 4.79 Å². The lowest BCUT2D eigenvalue weighted by Crippen LogP contribution is -2.21. The second kappa shape index (κ2) is 4.12. The molecule has 0 radical (unpaired) electrons. The number of nitrogens with one attached hydrogen (secondary N) is 1. The van der Waals surface area contributed by atoms with Crippen molar-refractivity contribution in [2.45, 2.75) is 40.3 Å². The van der Waals surface area contributed by atoms with Gasteiger partial charge in [-0.05, 0) is 16.9 Å². The first-order valence-electron chi connectivity index (χ1n) is 6.20. The van der Waals surface area contributed by atoms with E-state index in [1.807, 2.05) is 0 Å². The highest BCUT2D eigenvalue weighted by atomic mass is 16.5. The third-order valence-corrected chi connectivity index (χ3v) is 4.58. The number of rotatable bonds is 4. The van der Waals surface area contributed by atoms with Gasteiger partial charge in [0.05, 0.1) is 19.2 Å². The standard InChI is InChI=1S/C14H21NO3/c1-13(2)12(14(13,3)4)15-7-10-6-9(8-18-10)11(16)17-5/h6,8,12,15H,7H2,1-5H3. The fourth-order valence-electron chi connectivity index (χ4n) is 2.61. The van der Waals surface area contributed by atoms with Gasteiger partial charge < -0.3 is 14.5 Å². The minimum Gasteiger partial charge on any atom is -0.467 e. The van der Waals surface area contributed by atoms with E-state index in [0.717, 1.165) is 5.76 Å². The monoisotopic (exact) mass is 251 g/mol. The van der Waals surface area contributed by atoms with Crippen LogP contribution in [0.2, 0.25) is 0 Å². The zero-order valence-electron chi connectivity index (χ0n) is 11.7. The molecule has 0 bridgehead atoms. The van der Waals surface area contributed by atoms with E-state index < -0.39 is 0 Å². The summed E-state index contributed by atoms with van der Waals surface area (Å²) >= 11 is 0. The second-order valence-corrected chi connectivity index (χ2v) is 6.05. The number of methoxy groups -OCH3 is 1. The number of carbonyl (C=O) groups excluding carboxylic acids is 1. The Kier molecular flexibility index (Phi) is 3.01. The van der Waals surface area contributed by atoms with Crippen LogP contribution in [-0.2, 0) is 11.3 Å². The van der Waals surface area contributed by atoms with Gasteiger partial charge in [0, 0.05) is 6.04 Å². The summed E-state index contributed by atoms with van der Waals surface area (Å²) in [6.07, 6.45) is 1.44. The van der Waals surface area contributed by atoms with E-state index in [9.17, 15) is 4.79 Å². The van der Waals surface area contributed by atoms with Crippen LogP contribution in [0.1, 0.15) is 43.8 Å². The summed E-state index contributed by atoms with van der Waals surface area (Å²) < 4.78 is 9.97. The molecule has 1 aliphatic rings. The van der Waals surface area contributed by atoms with Crippen molar-refractivity contribution in [2.24, 2.45) is 10.8 Å². The SMILES string of the molecule is COC(=O)c1coc(CNC2C(C)(C)C2(C)C)c1. The number of furan rings is 1. The maximum atomic E-state index is 11.3. The van der Waals surface area contributed by atoms with Gasteiger partial charge in [-0.1, -0.05) is 27.7 Å². The molecule has 1 fully saturated rings. The molecule has 4 heteroatoms. The van der Waals surface area contributed by atoms with E-state index in [-0.39, 0.29) is 5.97 Å². The number of hydrogen-bond donors (Lipinski definition) is 1. The first-order valence-corrected chi connectivity index (χ1v) is 6.20. The van der Waals surface area contributed by atoms with Crippen molar-refractivity contribution in [3.8, 4) is 0 Å². The van der Waals surface area contributed by atoms with Crippen LogP contribution in [-0.4, -0.2) is 19.1 Å². The smallest absolute Gasteiger partial charge is 0.341 e. The summed E-state index contributed by atoms with van der Waals surface area (Å²) in [5, 5.41) is 3.48. The topological polar surface area (TPSA) is 51.5 Å². The zero-order chi connectivity index (χ0) is 13.6. The van der Waals surface area contributed by atoms with Gasteiger partial charge >= 0.3 is 5.97 Å². The Labute approximate surface area is 108 Å². The van der Waals surface area contributed by atoms with Gasteiger partial charge in [-0.2, -0.15) is 0 Å². The van der Waals surface area contributed by atoms with Gasteiger partial charge in [-0.3, -0.25) is 0 Å². The van der Waals surface area contributed by atoms with Crippen molar-refractivity contribution >= 4 is 5.97 Å². The van der Waals surface area contributed by atoms with E-state index in [4.69, 9.17) is 4.42 Å². The molecule has 1 saturated carbocycles. The van der Waals surface area contributed by atoms with Gasteiger partial charge in [-0.15, -0.1) is 0 Å². The highest BCUT2D eigenvalue weighted by Crippen LogP contribution is 2.62. The molecule has 18 heavy (non-hydrogen) atoms. The Bertz CT molecular complexity index is 445. The Balaban J connectivity index is 1.93. The summed E-state index contributed by atoms with van der Waals surface area (Å²) in [6, 6.07) is 2.19. The Morgan fingerprint density at radius 3 is 2.50 bits per heavy atom. The van der Waals surface area contributed by atoms with Gasteiger partial charge in [0.1, 0.15) is 12.0 Å². The van der Waals surface area contributed by atoms with Gasteiger partial charge in [0.15, 0.2) is 0 Å². The van der Waals surface area contributed by atoms with Crippen LogP contribution >= 0.6 is 0 Å². The normalized spacial score (nSPS) is 20.7. The molecule has 100 valence electrons. The van der Waals surface area contributed by atoms with Crippen molar-refractivity contribution in [1.82, 2.24) is 5.32 Å². The summed E-state index contributed by atoms with van der Waals surface area (Å²) in [7, 11) is 1.36. The molecule has 2 rings (SSSR count). The van der Waals surface area contributed by atoms with Crippen molar-refractivity contribution in [3.63, 3.8) is 0 Å². The molecular weight excluding hydrogens is 230 g/mol. The maximum Gasteiger partial charge on any atom is 0.341 e. The summed E-state index contributed by atoms with van der Waals surface area (Å²) in [4.78, 5) is 11.3. The third-order valence-electron chi connectivity index (χ3n) is 4.58. The summed E-state index contributed by atoms with van der Waals surface area (Å²) in [6.45, 7) is 9.66. The third kappa shape index (κ3) is 1.94. The molecule has 0 amide bonds. The average molecular weight is 251 g/mol. The van der Waals surface area contributed by atoms with Crippen molar-refractivity contribution in [3.05, 3.63) is 23.7 Å². The maximum absolute atomic E-state index is 11.3. The second-order valence-electron chi connectivity index (χ2n) is 6.05. The van der Waals surface area contributed by atoms with Crippen molar-refractivity contribution in [1.29, 1.82) is 0 Å². The van der Waals surface area contributed by atoms with Crippen LogP contribution in [0.4, 0.5) is 0 Å². The molecule has 1 heterocycles. The molecule has 1 aromatic heterocycles. The number of hydrogen-bond acceptors (Lipinski definition) is 4. The molecule has 0 saturated heterocycles. The minimum absolute atomic E-state index is 0.296. The Hall–Kier alpha value is -1.29. The molecule has 1 N–H and O–H groups in total. The lowest BCUT2D eigenvalue weighted by molar-refractivity contribution is 0.0600. The highest BCUT2D eigenvalue weighted by molar-refractivity contribution is 5.88. The Morgan fingerprint density at radius 1 is 1.39 bits per heavy atom. The first-order chi connectivity index (χ1) is 8.30. The molecule has 0 unspecified atom stereocenters. The largest absolute Gasteiger partial charge is 0.467 e. The lowest BCUT2D eigenvalue weighted by atomic mass is 10.0. The molecule has 1 aliphatic carbocycles. The minimum atomic E-state index is -0.364. The Morgan fingerprint density at radius 2 is 2.00 bits per heavy atom. The van der Waals surface area contributed by atoms with E-state index >= 15 is 0 Å². The molecule has 4 nitrogen and oxygen atoms in total. The predicted molar refractivity (Wildman–Crippen MR) is 68.2 cm³/mol. The fraction of sp³-hybridized carbons (Fsp3) is 0.643. The molecule has 0 atom stereocenters. The van der Waals surface area contributed by atoms with Crippen LogP contribution in [0, 0.1) is 10.8 Å². The quantitative estimate of drug-likeness (QED) is 0.836. The van der Waals surface area contributed by atoms with Crippen LogP contribution in [0.15, 0.2) is 16.7 Å². The van der Waals surface area contributed by atoms with Crippen molar-refractivity contribution in [2.75, 3.05) is 7.11 Å². The molecule has 0 aromatic carbocycles. The lowest BCUT2D eigenvalue weighted by Gasteiger charge is -2.03. The molecule has 0 spiro atoms. The summed E-state index contributed by atoms with van der Waals surface area (Å²) in [5.74, 6) is 0.394. The summed E-state index contributed by atoms with van der Waals surface area (Å²) in [5.41, 5.74) is 1.05. The fourth-order valence-corrected chi connectivity index (χ4v) is 2.61.